The van der Waals surface area contributed by atoms with E-state index in [1.165, 1.54) is 25.3 Å². The minimum Gasteiger partial charge on any atom is -0.495 e. The van der Waals surface area contributed by atoms with Crippen LogP contribution in [0.5, 0.6) is 5.75 Å². The van der Waals surface area contributed by atoms with E-state index in [-0.39, 0.29) is 23.5 Å². The van der Waals surface area contributed by atoms with Crippen molar-refractivity contribution in [1.29, 1.82) is 0 Å². The fourth-order valence-electron chi connectivity index (χ4n) is 2.09. The number of nitrogens with one attached hydrogen (secondary N) is 2. The molecule has 9 nitrogen and oxygen atoms in total. The number of hydrogen-bond donors (Lipinski definition) is 3. The number of amides is 1. The minimum absolute atomic E-state index is 0.119. The molecule has 1 aromatic rings. The third-order valence-electron chi connectivity index (χ3n) is 3.47. The summed E-state index contributed by atoms with van der Waals surface area (Å²) >= 11 is 0. The Hall–Kier alpha value is -2.68. The van der Waals surface area contributed by atoms with Crippen LogP contribution in [-0.2, 0) is 9.59 Å². The molecule has 9 heteroatoms. The molecular formula is C16H23N3O6. The lowest BCUT2D eigenvalue weighted by Gasteiger charge is -2.16. The molecule has 0 aliphatic heterocycles. The molecule has 138 valence electrons. The van der Waals surface area contributed by atoms with Crippen LogP contribution in [-0.4, -0.2) is 41.6 Å². The van der Waals surface area contributed by atoms with Crippen molar-refractivity contribution in [3.8, 4) is 5.75 Å². The molecule has 0 aliphatic rings. The van der Waals surface area contributed by atoms with Gasteiger partial charge in [0.1, 0.15) is 11.8 Å². The number of carboxylic acid groups (broad SMARTS) is 1. The van der Waals surface area contributed by atoms with Crippen molar-refractivity contribution >= 4 is 23.3 Å². The first-order valence-corrected chi connectivity index (χ1v) is 7.83. The quantitative estimate of drug-likeness (QED) is 0.433. The molecule has 0 aliphatic carbocycles. The Labute approximate surface area is 145 Å². The molecule has 0 bridgehead atoms. The Bertz CT molecular complexity index is 632. The molecule has 0 heterocycles. The lowest BCUT2D eigenvalue weighted by molar-refractivity contribution is -0.384. The van der Waals surface area contributed by atoms with E-state index in [1.807, 2.05) is 13.8 Å². The summed E-state index contributed by atoms with van der Waals surface area (Å²) < 4.78 is 5.06. The smallest absolute Gasteiger partial charge is 0.321 e. The molecule has 0 spiro atoms. The van der Waals surface area contributed by atoms with Crippen LogP contribution in [0.2, 0.25) is 0 Å². The number of hydrogen-bond acceptors (Lipinski definition) is 6. The molecular weight excluding hydrogens is 330 g/mol. The summed E-state index contributed by atoms with van der Waals surface area (Å²) in [7, 11) is 1.37. The van der Waals surface area contributed by atoms with Gasteiger partial charge in [-0.05, 0) is 24.9 Å². The number of aliphatic carboxylic acids is 1. The van der Waals surface area contributed by atoms with E-state index in [9.17, 15) is 24.8 Å². The molecule has 0 aromatic heterocycles. The van der Waals surface area contributed by atoms with Gasteiger partial charge in [-0.3, -0.25) is 19.7 Å². The summed E-state index contributed by atoms with van der Waals surface area (Å²) in [4.78, 5) is 33.7. The van der Waals surface area contributed by atoms with Gasteiger partial charge in [0.2, 0.25) is 5.91 Å². The number of anilines is 1. The number of carbonyl (C=O) groups is 2. The molecule has 1 aromatic carbocycles. The minimum atomic E-state index is -1.13. The van der Waals surface area contributed by atoms with Gasteiger partial charge >= 0.3 is 5.97 Å². The van der Waals surface area contributed by atoms with Crippen LogP contribution in [0.15, 0.2) is 18.2 Å². The van der Waals surface area contributed by atoms with E-state index in [0.717, 1.165) is 6.42 Å². The Morgan fingerprint density at radius 2 is 2.04 bits per heavy atom. The fourth-order valence-corrected chi connectivity index (χ4v) is 2.09. The Morgan fingerprint density at radius 1 is 1.36 bits per heavy atom. The molecule has 0 radical (unpaired) electrons. The zero-order chi connectivity index (χ0) is 19.0. The number of nitrogens with zero attached hydrogens (tertiary/aromatic N) is 1. The summed E-state index contributed by atoms with van der Waals surface area (Å²) in [6, 6.07) is 2.74. The van der Waals surface area contributed by atoms with Crippen molar-refractivity contribution < 1.29 is 24.4 Å². The third-order valence-corrected chi connectivity index (χ3v) is 3.47. The largest absolute Gasteiger partial charge is 0.495 e. The van der Waals surface area contributed by atoms with Crippen molar-refractivity contribution in [3.05, 3.63) is 28.3 Å². The molecule has 1 unspecified atom stereocenters. The standard InChI is InChI=1S/C16H23N3O6/c1-10(2)6-7-17-13(16(21)22)9-15(20)18-12-8-11(19(23)24)4-5-14(12)25-3/h4-5,8,10,13,17H,6-7,9H2,1-3H3,(H,18,20)(H,21,22). The first-order valence-electron chi connectivity index (χ1n) is 7.83. The normalized spacial score (nSPS) is 11.8. The average molecular weight is 353 g/mol. The first kappa shape index (κ1) is 20.4. The van der Waals surface area contributed by atoms with Crippen LogP contribution in [0.1, 0.15) is 26.7 Å². The van der Waals surface area contributed by atoms with Crippen molar-refractivity contribution in [2.24, 2.45) is 5.92 Å². The zero-order valence-electron chi connectivity index (χ0n) is 14.4. The van der Waals surface area contributed by atoms with Crippen molar-refractivity contribution in [2.45, 2.75) is 32.7 Å². The number of benzene rings is 1. The molecule has 25 heavy (non-hydrogen) atoms. The van der Waals surface area contributed by atoms with Gasteiger partial charge in [0.25, 0.3) is 5.69 Å². The highest BCUT2D eigenvalue weighted by atomic mass is 16.6. The third kappa shape index (κ3) is 6.76. The molecule has 0 fully saturated rings. The maximum Gasteiger partial charge on any atom is 0.321 e. The lowest BCUT2D eigenvalue weighted by Crippen LogP contribution is -2.40. The van der Waals surface area contributed by atoms with E-state index in [2.05, 4.69) is 10.6 Å². The highest BCUT2D eigenvalue weighted by Gasteiger charge is 2.22. The SMILES string of the molecule is COc1ccc([N+](=O)[O-])cc1NC(=O)CC(NCCC(C)C)C(=O)O. The van der Waals surface area contributed by atoms with Gasteiger partial charge in [0.05, 0.1) is 24.1 Å². The van der Waals surface area contributed by atoms with E-state index in [4.69, 9.17) is 4.74 Å². The molecule has 0 saturated carbocycles. The second kappa shape index (κ2) is 9.58. The second-order valence-electron chi connectivity index (χ2n) is 5.92. The predicted molar refractivity (Wildman–Crippen MR) is 91.8 cm³/mol. The number of nitro benzene ring substituents is 1. The summed E-state index contributed by atoms with van der Waals surface area (Å²) in [5.74, 6) is -1.06. The van der Waals surface area contributed by atoms with Crippen molar-refractivity contribution in [2.75, 3.05) is 19.0 Å². The van der Waals surface area contributed by atoms with E-state index < -0.39 is 22.8 Å². The van der Waals surface area contributed by atoms with Crippen LogP contribution in [0.4, 0.5) is 11.4 Å². The van der Waals surface area contributed by atoms with E-state index >= 15 is 0 Å². The fraction of sp³-hybridized carbons (Fsp3) is 0.500. The topological polar surface area (TPSA) is 131 Å². The van der Waals surface area contributed by atoms with Gasteiger partial charge in [0, 0.05) is 12.1 Å². The summed E-state index contributed by atoms with van der Waals surface area (Å²) in [6.07, 6.45) is 0.476. The van der Waals surface area contributed by atoms with E-state index in [0.29, 0.717) is 12.5 Å². The van der Waals surface area contributed by atoms with Crippen LogP contribution >= 0.6 is 0 Å². The van der Waals surface area contributed by atoms with Crippen LogP contribution in [0, 0.1) is 16.0 Å². The summed E-state index contributed by atoms with van der Waals surface area (Å²) in [6.45, 7) is 4.50. The maximum atomic E-state index is 12.1. The number of methoxy groups -OCH3 is 1. The molecule has 0 saturated heterocycles. The zero-order valence-corrected chi connectivity index (χ0v) is 14.4. The number of nitro groups is 1. The Kier molecular flexibility index (Phi) is 7.80. The predicted octanol–water partition coefficient (Wildman–Crippen LogP) is 2.02. The highest BCUT2D eigenvalue weighted by molar-refractivity contribution is 5.95. The lowest BCUT2D eigenvalue weighted by atomic mass is 10.1. The van der Waals surface area contributed by atoms with Crippen LogP contribution < -0.4 is 15.4 Å². The van der Waals surface area contributed by atoms with Crippen molar-refractivity contribution in [3.63, 3.8) is 0 Å². The van der Waals surface area contributed by atoms with Gasteiger partial charge in [0.15, 0.2) is 0 Å². The molecule has 1 amide bonds. The first-order chi connectivity index (χ1) is 11.7. The molecule has 1 atom stereocenters. The number of carbonyl (C=O) groups excluding carboxylic acids is 1. The molecule has 1 rings (SSSR count). The second-order valence-corrected chi connectivity index (χ2v) is 5.92. The van der Waals surface area contributed by atoms with Gasteiger partial charge in [-0.15, -0.1) is 0 Å². The van der Waals surface area contributed by atoms with Crippen LogP contribution in [0.3, 0.4) is 0 Å². The van der Waals surface area contributed by atoms with Gasteiger partial charge in [-0.2, -0.15) is 0 Å². The van der Waals surface area contributed by atoms with Crippen molar-refractivity contribution in [1.82, 2.24) is 5.32 Å². The summed E-state index contributed by atoms with van der Waals surface area (Å²) in [5.41, 5.74) is -0.0889. The number of ether oxygens (including phenoxy) is 1. The van der Waals surface area contributed by atoms with Gasteiger partial charge in [-0.1, -0.05) is 13.8 Å². The average Bonchev–Trinajstić information content (AvgIpc) is 2.53. The number of carboxylic acids is 1. The van der Waals surface area contributed by atoms with E-state index in [1.54, 1.807) is 0 Å². The number of rotatable bonds is 10. The monoisotopic (exact) mass is 353 g/mol. The highest BCUT2D eigenvalue weighted by Crippen LogP contribution is 2.29. The number of non-ortho nitro benzene ring substituents is 1. The Balaban J connectivity index is 2.77. The maximum absolute atomic E-state index is 12.1. The Morgan fingerprint density at radius 3 is 2.56 bits per heavy atom. The van der Waals surface area contributed by atoms with Gasteiger partial charge < -0.3 is 20.5 Å². The van der Waals surface area contributed by atoms with Crippen LogP contribution in [0.25, 0.3) is 0 Å². The summed E-state index contributed by atoms with van der Waals surface area (Å²) in [5, 5.41) is 25.4. The molecule has 3 N–H and O–H groups in total. The van der Waals surface area contributed by atoms with Gasteiger partial charge in [-0.25, -0.2) is 0 Å².